The zero-order valence-electron chi connectivity index (χ0n) is 10.1. The predicted octanol–water partition coefficient (Wildman–Crippen LogP) is 3.54. The Balaban J connectivity index is 2.25. The number of anilines is 1. The molecule has 0 aliphatic heterocycles. The second-order valence-corrected chi connectivity index (χ2v) is 4.63. The number of ether oxygens (including phenoxy) is 2. The molecule has 1 heterocycles. The number of pyridine rings is 1. The first-order chi connectivity index (χ1) is 8.60. The minimum atomic E-state index is 0.507. The number of aromatic nitrogens is 1. The Bertz CT molecular complexity index is 573. The molecule has 0 fully saturated rings. The molecule has 0 aliphatic rings. The molecule has 4 nitrogen and oxygen atoms in total. The highest BCUT2D eigenvalue weighted by Gasteiger charge is 2.06. The highest BCUT2D eigenvalue weighted by Crippen LogP contribution is 2.32. The van der Waals surface area contributed by atoms with Gasteiger partial charge < -0.3 is 15.2 Å². The minimum Gasteiger partial charge on any atom is -0.497 e. The van der Waals surface area contributed by atoms with Crippen molar-refractivity contribution >= 4 is 21.6 Å². The second-order valence-electron chi connectivity index (χ2n) is 3.78. The molecule has 18 heavy (non-hydrogen) atoms. The summed E-state index contributed by atoms with van der Waals surface area (Å²) >= 11 is 3.42. The van der Waals surface area contributed by atoms with Crippen molar-refractivity contribution in [3.8, 4) is 17.4 Å². The van der Waals surface area contributed by atoms with Gasteiger partial charge in [0.1, 0.15) is 11.5 Å². The van der Waals surface area contributed by atoms with E-state index in [1.807, 2.05) is 25.1 Å². The Morgan fingerprint density at radius 2 is 2.06 bits per heavy atom. The molecule has 0 amide bonds. The molecule has 2 aromatic rings. The first-order valence-electron chi connectivity index (χ1n) is 5.33. The number of rotatable bonds is 3. The Morgan fingerprint density at radius 1 is 1.28 bits per heavy atom. The van der Waals surface area contributed by atoms with E-state index in [9.17, 15) is 0 Å². The largest absolute Gasteiger partial charge is 0.497 e. The van der Waals surface area contributed by atoms with Crippen LogP contribution >= 0.6 is 15.9 Å². The first-order valence-corrected chi connectivity index (χ1v) is 6.13. The molecule has 0 saturated heterocycles. The van der Waals surface area contributed by atoms with Crippen LogP contribution in [0, 0.1) is 6.92 Å². The lowest BCUT2D eigenvalue weighted by molar-refractivity contribution is 0.411. The Morgan fingerprint density at radius 3 is 2.67 bits per heavy atom. The Labute approximate surface area is 114 Å². The number of methoxy groups -OCH3 is 1. The molecule has 0 bridgehead atoms. The van der Waals surface area contributed by atoms with Gasteiger partial charge in [-0.1, -0.05) is 0 Å². The number of nitrogens with two attached hydrogens (primary N) is 1. The number of hydrogen-bond acceptors (Lipinski definition) is 4. The standard InChI is InChI=1S/C13H13BrN2O2/c1-8-5-13(16-7-11(8)15)18-12-4-3-9(17-2)6-10(12)14/h3-7H,15H2,1-2H3. The average molecular weight is 309 g/mol. The van der Waals surface area contributed by atoms with Gasteiger partial charge >= 0.3 is 0 Å². The first kappa shape index (κ1) is 12.7. The number of benzene rings is 1. The molecule has 0 unspecified atom stereocenters. The number of aryl methyl sites for hydroxylation is 1. The number of nitrogens with zero attached hydrogens (tertiary/aromatic N) is 1. The highest BCUT2D eigenvalue weighted by atomic mass is 79.9. The molecular formula is C13H13BrN2O2. The van der Waals surface area contributed by atoms with Crippen molar-refractivity contribution in [2.45, 2.75) is 6.92 Å². The summed E-state index contributed by atoms with van der Waals surface area (Å²) in [5, 5.41) is 0. The summed E-state index contributed by atoms with van der Waals surface area (Å²) in [7, 11) is 1.62. The lowest BCUT2D eigenvalue weighted by Gasteiger charge is -2.09. The molecule has 2 rings (SSSR count). The van der Waals surface area contributed by atoms with Crippen molar-refractivity contribution in [3.05, 3.63) is 40.5 Å². The molecule has 0 spiro atoms. The van der Waals surface area contributed by atoms with E-state index in [1.54, 1.807) is 19.4 Å². The molecule has 2 N–H and O–H groups in total. The Kier molecular flexibility index (Phi) is 3.72. The summed E-state index contributed by atoms with van der Waals surface area (Å²) in [6.07, 6.45) is 1.59. The average Bonchev–Trinajstić information content (AvgIpc) is 2.36. The van der Waals surface area contributed by atoms with Gasteiger partial charge in [0.05, 0.1) is 23.5 Å². The monoisotopic (exact) mass is 308 g/mol. The maximum atomic E-state index is 5.71. The van der Waals surface area contributed by atoms with Crippen LogP contribution in [0.2, 0.25) is 0 Å². The van der Waals surface area contributed by atoms with E-state index in [0.717, 1.165) is 15.8 Å². The van der Waals surface area contributed by atoms with E-state index in [1.165, 1.54) is 0 Å². The van der Waals surface area contributed by atoms with Crippen LogP contribution in [-0.2, 0) is 0 Å². The van der Waals surface area contributed by atoms with E-state index in [2.05, 4.69) is 20.9 Å². The summed E-state index contributed by atoms with van der Waals surface area (Å²) in [6.45, 7) is 1.91. The third-order valence-electron chi connectivity index (χ3n) is 2.48. The molecule has 1 aromatic carbocycles. The zero-order chi connectivity index (χ0) is 13.1. The third-order valence-corrected chi connectivity index (χ3v) is 3.10. The van der Waals surface area contributed by atoms with Gasteiger partial charge in [-0.05, 0) is 46.6 Å². The van der Waals surface area contributed by atoms with Crippen LogP contribution in [0.5, 0.6) is 17.4 Å². The van der Waals surface area contributed by atoms with Gasteiger partial charge in [0, 0.05) is 6.07 Å². The fourth-order valence-corrected chi connectivity index (χ4v) is 1.84. The zero-order valence-corrected chi connectivity index (χ0v) is 11.7. The number of halogens is 1. The smallest absolute Gasteiger partial charge is 0.219 e. The van der Waals surface area contributed by atoms with E-state index in [0.29, 0.717) is 17.3 Å². The topological polar surface area (TPSA) is 57.4 Å². The molecular weight excluding hydrogens is 296 g/mol. The van der Waals surface area contributed by atoms with Gasteiger partial charge in [0.2, 0.25) is 5.88 Å². The third kappa shape index (κ3) is 2.73. The van der Waals surface area contributed by atoms with E-state index >= 15 is 0 Å². The summed E-state index contributed by atoms with van der Waals surface area (Å²) < 4.78 is 11.6. The molecule has 1 aromatic heterocycles. The van der Waals surface area contributed by atoms with E-state index < -0.39 is 0 Å². The van der Waals surface area contributed by atoms with E-state index in [4.69, 9.17) is 15.2 Å². The summed E-state index contributed by atoms with van der Waals surface area (Å²) in [5.74, 6) is 1.94. The van der Waals surface area contributed by atoms with Crippen LogP contribution in [-0.4, -0.2) is 12.1 Å². The molecule has 0 radical (unpaired) electrons. The van der Waals surface area contributed by atoms with Crippen molar-refractivity contribution in [2.75, 3.05) is 12.8 Å². The minimum absolute atomic E-state index is 0.507. The predicted molar refractivity (Wildman–Crippen MR) is 74.2 cm³/mol. The molecule has 0 atom stereocenters. The summed E-state index contributed by atoms with van der Waals surface area (Å²) in [6, 6.07) is 7.27. The lowest BCUT2D eigenvalue weighted by atomic mass is 10.2. The SMILES string of the molecule is COc1ccc(Oc2cc(C)c(N)cn2)c(Br)c1. The molecule has 94 valence electrons. The van der Waals surface area contributed by atoms with Crippen molar-refractivity contribution in [3.63, 3.8) is 0 Å². The fraction of sp³-hybridized carbons (Fsp3) is 0.154. The number of nitrogen functional groups attached to an aromatic ring is 1. The van der Waals surface area contributed by atoms with Gasteiger partial charge in [0.25, 0.3) is 0 Å². The van der Waals surface area contributed by atoms with Crippen molar-refractivity contribution in [1.82, 2.24) is 4.98 Å². The molecule has 0 saturated carbocycles. The fourth-order valence-electron chi connectivity index (χ4n) is 1.40. The van der Waals surface area contributed by atoms with Gasteiger partial charge in [-0.3, -0.25) is 0 Å². The maximum absolute atomic E-state index is 5.71. The molecule has 0 aliphatic carbocycles. The van der Waals surface area contributed by atoms with Crippen LogP contribution < -0.4 is 15.2 Å². The van der Waals surface area contributed by atoms with Crippen molar-refractivity contribution < 1.29 is 9.47 Å². The van der Waals surface area contributed by atoms with Crippen molar-refractivity contribution in [1.29, 1.82) is 0 Å². The van der Waals surface area contributed by atoms with Gasteiger partial charge in [-0.25, -0.2) is 4.98 Å². The van der Waals surface area contributed by atoms with Crippen LogP contribution in [0.25, 0.3) is 0 Å². The van der Waals surface area contributed by atoms with Crippen LogP contribution in [0.4, 0.5) is 5.69 Å². The normalized spacial score (nSPS) is 10.2. The second kappa shape index (κ2) is 5.27. The summed E-state index contributed by atoms with van der Waals surface area (Å²) in [5.41, 5.74) is 7.29. The summed E-state index contributed by atoms with van der Waals surface area (Å²) in [4.78, 5) is 4.12. The highest BCUT2D eigenvalue weighted by molar-refractivity contribution is 9.10. The van der Waals surface area contributed by atoms with Crippen LogP contribution in [0.15, 0.2) is 34.9 Å². The van der Waals surface area contributed by atoms with E-state index in [-0.39, 0.29) is 0 Å². The number of hydrogen-bond donors (Lipinski definition) is 1. The Hall–Kier alpha value is -1.75. The molecule has 5 heteroatoms. The maximum Gasteiger partial charge on any atom is 0.219 e. The van der Waals surface area contributed by atoms with Crippen LogP contribution in [0.1, 0.15) is 5.56 Å². The van der Waals surface area contributed by atoms with Gasteiger partial charge in [-0.15, -0.1) is 0 Å². The van der Waals surface area contributed by atoms with Crippen molar-refractivity contribution in [2.24, 2.45) is 0 Å². The lowest BCUT2D eigenvalue weighted by Crippen LogP contribution is -1.94. The quantitative estimate of drug-likeness (QED) is 0.942. The van der Waals surface area contributed by atoms with Gasteiger partial charge in [-0.2, -0.15) is 0 Å². The van der Waals surface area contributed by atoms with Gasteiger partial charge in [0.15, 0.2) is 0 Å². The van der Waals surface area contributed by atoms with Crippen LogP contribution in [0.3, 0.4) is 0 Å².